The van der Waals surface area contributed by atoms with Crippen LogP contribution in [-0.4, -0.2) is 50.7 Å². The van der Waals surface area contributed by atoms with Crippen LogP contribution in [0.4, 0.5) is 0 Å². The standard InChI is InChI=1S/C30H26Cl2N4O6/c1-39-22-5-4-17(12-19(22)27(37)38)26-34-28(42-36-26)29-8-10-30(11-9-29,40-15-29)7-6-18-24(35-41-25(18)16-2-3-16)23-20(31)13-33-14-21(23)32/h4-7,12-14,16H,2-3,8-11,15H2,1H3,(H,37,38)/b7-6+. The van der Waals surface area contributed by atoms with Crippen LogP contribution in [0.5, 0.6) is 5.75 Å². The van der Waals surface area contributed by atoms with Gasteiger partial charge in [-0.1, -0.05) is 45.7 Å². The van der Waals surface area contributed by atoms with Crippen LogP contribution in [0.1, 0.15) is 72.0 Å². The van der Waals surface area contributed by atoms with Crippen LogP contribution < -0.4 is 4.74 Å². The third kappa shape index (κ3) is 4.58. The van der Waals surface area contributed by atoms with Crippen LogP contribution in [-0.2, 0) is 10.2 Å². The van der Waals surface area contributed by atoms with Crippen molar-refractivity contribution in [2.75, 3.05) is 13.7 Å². The molecule has 0 spiro atoms. The van der Waals surface area contributed by atoms with Crippen LogP contribution in [0, 0.1) is 0 Å². The van der Waals surface area contributed by atoms with Crippen molar-refractivity contribution in [1.82, 2.24) is 20.3 Å². The Kier molecular flexibility index (Phi) is 6.60. The van der Waals surface area contributed by atoms with E-state index in [1.165, 1.54) is 13.2 Å². The summed E-state index contributed by atoms with van der Waals surface area (Å²) in [6.07, 6.45) is 12.5. The molecule has 5 heterocycles. The summed E-state index contributed by atoms with van der Waals surface area (Å²) in [5, 5.41) is 18.9. The van der Waals surface area contributed by atoms with Gasteiger partial charge in [0.05, 0.1) is 34.8 Å². The van der Waals surface area contributed by atoms with Crippen molar-refractivity contribution in [2.24, 2.45) is 0 Å². The molecular formula is C30H26Cl2N4O6. The van der Waals surface area contributed by atoms with E-state index in [0.717, 1.165) is 49.8 Å². The lowest BCUT2D eigenvalue weighted by Crippen LogP contribution is -2.52. The highest BCUT2D eigenvalue weighted by Crippen LogP contribution is 2.52. The van der Waals surface area contributed by atoms with E-state index in [-0.39, 0.29) is 11.3 Å². The molecule has 2 bridgehead atoms. The largest absolute Gasteiger partial charge is 0.496 e. The Balaban J connectivity index is 1.13. The summed E-state index contributed by atoms with van der Waals surface area (Å²) in [5.41, 5.74) is 1.80. The monoisotopic (exact) mass is 608 g/mol. The molecule has 2 aliphatic carbocycles. The minimum Gasteiger partial charge on any atom is -0.496 e. The van der Waals surface area contributed by atoms with Gasteiger partial charge in [-0.15, -0.1) is 0 Å². The second kappa shape index (κ2) is 10.2. The summed E-state index contributed by atoms with van der Waals surface area (Å²) in [4.78, 5) is 20.4. The number of halogens is 2. The number of aromatic carboxylic acids is 1. The average Bonchev–Trinajstić information content (AvgIpc) is 3.56. The van der Waals surface area contributed by atoms with E-state index in [0.29, 0.717) is 51.1 Å². The maximum Gasteiger partial charge on any atom is 0.339 e. The molecule has 4 aliphatic rings. The number of nitrogens with zero attached hydrogens (tertiary/aromatic N) is 4. The molecule has 4 aromatic rings. The maximum absolute atomic E-state index is 11.7. The fourth-order valence-electron chi connectivity index (χ4n) is 5.95. The SMILES string of the molecule is COc1ccc(-c2noc(C34CCC(/C=C/c5c(-c6c(Cl)cncc6Cl)noc5C5CC5)(CC3)OC4)n2)cc1C(=O)O. The molecule has 1 aromatic carbocycles. The molecule has 3 aromatic heterocycles. The molecule has 8 rings (SSSR count). The zero-order valence-electron chi connectivity index (χ0n) is 22.6. The highest BCUT2D eigenvalue weighted by Gasteiger charge is 2.52. The van der Waals surface area contributed by atoms with Gasteiger partial charge in [0.15, 0.2) is 0 Å². The van der Waals surface area contributed by atoms with E-state index < -0.39 is 17.0 Å². The lowest BCUT2D eigenvalue weighted by molar-refractivity contribution is -0.134. The molecule has 12 heteroatoms. The van der Waals surface area contributed by atoms with Gasteiger partial charge < -0.3 is 23.6 Å². The molecule has 0 unspecified atom stereocenters. The molecule has 216 valence electrons. The van der Waals surface area contributed by atoms with Crippen LogP contribution in [0.15, 0.2) is 45.7 Å². The molecule has 2 aliphatic heterocycles. The smallest absolute Gasteiger partial charge is 0.339 e. The van der Waals surface area contributed by atoms with Gasteiger partial charge in [-0.05, 0) is 56.7 Å². The third-order valence-electron chi connectivity index (χ3n) is 8.61. The van der Waals surface area contributed by atoms with Crippen molar-refractivity contribution in [2.45, 2.75) is 55.5 Å². The van der Waals surface area contributed by atoms with Crippen molar-refractivity contribution >= 4 is 35.2 Å². The highest BCUT2D eigenvalue weighted by molar-refractivity contribution is 6.39. The summed E-state index contributed by atoms with van der Waals surface area (Å²) in [6, 6.07) is 4.79. The predicted octanol–water partition coefficient (Wildman–Crippen LogP) is 6.97. The lowest BCUT2D eigenvalue weighted by Gasteiger charge is -2.50. The molecule has 0 radical (unpaired) electrons. The van der Waals surface area contributed by atoms with Crippen molar-refractivity contribution in [3.05, 3.63) is 69.5 Å². The lowest BCUT2D eigenvalue weighted by atomic mass is 9.65. The average molecular weight is 609 g/mol. The van der Waals surface area contributed by atoms with Crippen LogP contribution >= 0.6 is 23.2 Å². The number of fused-ring (bicyclic) bond motifs is 3. The van der Waals surface area contributed by atoms with Gasteiger partial charge in [0, 0.05) is 35.0 Å². The molecule has 2 saturated carbocycles. The number of methoxy groups -OCH3 is 1. The predicted molar refractivity (Wildman–Crippen MR) is 153 cm³/mol. The van der Waals surface area contributed by atoms with Crippen LogP contribution in [0.25, 0.3) is 28.7 Å². The summed E-state index contributed by atoms with van der Waals surface area (Å²) in [7, 11) is 1.43. The molecule has 2 saturated heterocycles. The summed E-state index contributed by atoms with van der Waals surface area (Å²) in [5.74, 6) is 1.17. The first-order valence-electron chi connectivity index (χ1n) is 13.7. The Morgan fingerprint density at radius 3 is 2.50 bits per heavy atom. The Bertz CT molecular complexity index is 1680. The topological polar surface area (TPSA) is 134 Å². The normalized spacial score (nSPS) is 23.5. The highest BCUT2D eigenvalue weighted by atomic mass is 35.5. The molecule has 42 heavy (non-hydrogen) atoms. The van der Waals surface area contributed by atoms with E-state index in [9.17, 15) is 9.90 Å². The quantitative estimate of drug-likeness (QED) is 0.223. The van der Waals surface area contributed by atoms with E-state index >= 15 is 0 Å². The molecule has 4 fully saturated rings. The first-order valence-corrected chi connectivity index (χ1v) is 14.5. The molecule has 0 amide bonds. The van der Waals surface area contributed by atoms with Gasteiger partial charge in [0.2, 0.25) is 11.7 Å². The Labute approximate surface area is 250 Å². The first-order chi connectivity index (χ1) is 20.3. The number of aromatic nitrogens is 4. The van der Waals surface area contributed by atoms with Crippen molar-refractivity contribution in [1.29, 1.82) is 0 Å². The van der Waals surface area contributed by atoms with Gasteiger partial charge >= 0.3 is 5.97 Å². The zero-order valence-corrected chi connectivity index (χ0v) is 24.1. The van der Waals surface area contributed by atoms with Gasteiger partial charge in [-0.2, -0.15) is 4.98 Å². The number of rotatable bonds is 8. The molecule has 10 nitrogen and oxygen atoms in total. The summed E-state index contributed by atoms with van der Waals surface area (Å²) in [6.45, 7) is 0.427. The van der Waals surface area contributed by atoms with Crippen LogP contribution in [0.3, 0.4) is 0 Å². The Morgan fingerprint density at radius 2 is 1.86 bits per heavy atom. The number of carbonyl (C=O) groups is 1. The Hall–Kier alpha value is -3.73. The molecule has 1 N–H and O–H groups in total. The number of benzene rings is 1. The number of carboxylic acid groups (broad SMARTS) is 1. The minimum atomic E-state index is -1.09. The second-order valence-corrected chi connectivity index (χ2v) is 12.0. The van der Waals surface area contributed by atoms with E-state index in [1.54, 1.807) is 24.5 Å². The minimum absolute atomic E-state index is 0.0315. The second-order valence-electron chi connectivity index (χ2n) is 11.2. The number of hydrogen-bond donors (Lipinski definition) is 1. The Morgan fingerprint density at radius 1 is 1.10 bits per heavy atom. The fraction of sp³-hybridized carbons (Fsp3) is 0.367. The van der Waals surface area contributed by atoms with E-state index in [1.807, 2.05) is 6.08 Å². The van der Waals surface area contributed by atoms with Crippen LogP contribution in [0.2, 0.25) is 10.0 Å². The van der Waals surface area contributed by atoms with E-state index in [2.05, 4.69) is 26.4 Å². The summed E-state index contributed by atoms with van der Waals surface area (Å²) < 4.78 is 23.2. The molecule has 0 atom stereocenters. The van der Waals surface area contributed by atoms with Gasteiger partial charge in [0.25, 0.3) is 0 Å². The van der Waals surface area contributed by atoms with Gasteiger partial charge in [-0.3, -0.25) is 4.98 Å². The number of ether oxygens (including phenoxy) is 2. The number of hydrogen-bond acceptors (Lipinski definition) is 9. The first kappa shape index (κ1) is 27.1. The maximum atomic E-state index is 11.7. The van der Waals surface area contributed by atoms with Gasteiger partial charge in [0.1, 0.15) is 22.8 Å². The van der Waals surface area contributed by atoms with Crippen molar-refractivity contribution in [3.63, 3.8) is 0 Å². The third-order valence-corrected chi connectivity index (χ3v) is 9.18. The van der Waals surface area contributed by atoms with Crippen molar-refractivity contribution in [3.8, 4) is 28.4 Å². The summed E-state index contributed by atoms with van der Waals surface area (Å²) >= 11 is 12.9. The van der Waals surface area contributed by atoms with E-state index in [4.69, 9.17) is 41.7 Å². The number of carboxylic acids is 1. The molecular weight excluding hydrogens is 583 g/mol. The van der Waals surface area contributed by atoms with Gasteiger partial charge in [-0.25, -0.2) is 4.79 Å². The fourth-order valence-corrected chi connectivity index (χ4v) is 6.49. The zero-order chi connectivity index (χ0) is 29.1. The number of pyridine rings is 1. The van der Waals surface area contributed by atoms with Crippen molar-refractivity contribution < 1.29 is 28.4 Å².